The van der Waals surface area contributed by atoms with E-state index in [9.17, 15) is 29.1 Å². The van der Waals surface area contributed by atoms with Crippen LogP contribution in [0.15, 0.2) is 0 Å². The van der Waals surface area contributed by atoms with Gasteiger partial charge in [0.15, 0.2) is 0 Å². The summed E-state index contributed by atoms with van der Waals surface area (Å²) in [5, 5.41) is 14.4. The molecule has 0 spiro atoms. The summed E-state index contributed by atoms with van der Waals surface area (Å²) in [6.45, 7) is 3.96. The molecule has 1 aliphatic rings. The van der Waals surface area contributed by atoms with Crippen molar-refractivity contribution in [3.8, 4) is 0 Å². The predicted molar refractivity (Wildman–Crippen MR) is 116 cm³/mol. The Morgan fingerprint density at radius 1 is 1.23 bits per heavy atom. The van der Waals surface area contributed by atoms with Crippen molar-refractivity contribution in [2.75, 3.05) is 12.3 Å². The lowest BCUT2D eigenvalue weighted by Gasteiger charge is -2.30. The monoisotopic (exact) mass is 459 g/mol. The maximum absolute atomic E-state index is 12.9. The van der Waals surface area contributed by atoms with Gasteiger partial charge in [-0.1, -0.05) is 20.3 Å². The van der Waals surface area contributed by atoms with Crippen LogP contribution in [0.1, 0.15) is 46.0 Å². The highest BCUT2D eigenvalue weighted by Crippen LogP contribution is 2.20. The number of aliphatic carboxylic acids is 1. The number of amides is 4. The zero-order valence-electron chi connectivity index (χ0n) is 17.9. The van der Waals surface area contributed by atoms with Crippen LogP contribution < -0.4 is 22.1 Å². The van der Waals surface area contributed by atoms with Crippen LogP contribution in [0.25, 0.3) is 0 Å². The second-order valence-electron chi connectivity index (χ2n) is 7.75. The Labute approximate surface area is 187 Å². The normalized spacial score (nSPS) is 19.7. The lowest BCUT2D eigenvalue weighted by atomic mass is 9.97. The van der Waals surface area contributed by atoms with Crippen LogP contribution in [0.2, 0.25) is 0 Å². The number of carboxylic acids is 1. The van der Waals surface area contributed by atoms with Gasteiger partial charge in [-0.3, -0.25) is 19.2 Å². The topological polar surface area (TPSA) is 185 Å². The molecular weight excluding hydrogens is 426 g/mol. The van der Waals surface area contributed by atoms with Crippen molar-refractivity contribution in [1.29, 1.82) is 0 Å². The molecule has 5 unspecified atom stereocenters. The lowest BCUT2D eigenvalue weighted by Crippen LogP contribution is -2.58. The lowest BCUT2D eigenvalue weighted by molar-refractivity contribution is -0.143. The third kappa shape index (κ3) is 7.69. The van der Waals surface area contributed by atoms with Gasteiger partial charge in [0.1, 0.15) is 18.1 Å². The second kappa shape index (κ2) is 12.5. The van der Waals surface area contributed by atoms with Crippen LogP contribution >= 0.6 is 12.6 Å². The molecule has 0 bridgehead atoms. The zero-order chi connectivity index (χ0) is 23.7. The Morgan fingerprint density at radius 2 is 1.87 bits per heavy atom. The molecule has 1 saturated heterocycles. The molecule has 1 aliphatic heterocycles. The van der Waals surface area contributed by atoms with Crippen LogP contribution in [0.3, 0.4) is 0 Å². The van der Waals surface area contributed by atoms with Gasteiger partial charge in [0, 0.05) is 18.7 Å². The van der Waals surface area contributed by atoms with Crippen LogP contribution in [0, 0.1) is 5.92 Å². The van der Waals surface area contributed by atoms with E-state index in [-0.39, 0.29) is 30.4 Å². The summed E-state index contributed by atoms with van der Waals surface area (Å²) in [6, 6.07) is -3.92. The van der Waals surface area contributed by atoms with E-state index in [2.05, 4.69) is 23.3 Å². The maximum atomic E-state index is 12.9. The summed E-state index contributed by atoms with van der Waals surface area (Å²) >= 11 is 4.03. The number of nitrogens with two attached hydrogens (primary N) is 2. The summed E-state index contributed by atoms with van der Waals surface area (Å²) in [7, 11) is 0. The molecule has 12 heteroatoms. The van der Waals surface area contributed by atoms with Crippen molar-refractivity contribution in [3.05, 3.63) is 0 Å². The van der Waals surface area contributed by atoms with Gasteiger partial charge in [-0.05, 0) is 25.2 Å². The molecule has 1 heterocycles. The van der Waals surface area contributed by atoms with Crippen molar-refractivity contribution in [3.63, 3.8) is 0 Å². The van der Waals surface area contributed by atoms with Crippen molar-refractivity contribution < 1.29 is 29.1 Å². The number of nitrogens with zero attached hydrogens (tertiary/aromatic N) is 1. The second-order valence-corrected chi connectivity index (χ2v) is 8.12. The first kappa shape index (κ1) is 26.7. The Morgan fingerprint density at radius 3 is 2.39 bits per heavy atom. The average Bonchev–Trinajstić information content (AvgIpc) is 3.22. The third-order valence-corrected chi connectivity index (χ3v) is 5.83. The van der Waals surface area contributed by atoms with E-state index < -0.39 is 47.9 Å². The number of hydrogen-bond acceptors (Lipinski definition) is 7. The molecule has 5 atom stereocenters. The van der Waals surface area contributed by atoms with E-state index in [1.54, 1.807) is 6.92 Å². The molecule has 11 nitrogen and oxygen atoms in total. The Kier molecular flexibility index (Phi) is 10.8. The van der Waals surface area contributed by atoms with Gasteiger partial charge in [0.05, 0.1) is 6.04 Å². The van der Waals surface area contributed by atoms with Crippen LogP contribution in [0.5, 0.6) is 0 Å². The van der Waals surface area contributed by atoms with E-state index in [4.69, 9.17) is 11.5 Å². The molecule has 7 N–H and O–H groups in total. The Bertz CT molecular complexity index is 691. The summed E-state index contributed by atoms with van der Waals surface area (Å²) < 4.78 is 0. The van der Waals surface area contributed by atoms with Gasteiger partial charge in [-0.15, -0.1) is 0 Å². The minimum Gasteiger partial charge on any atom is -0.480 e. The number of carbonyl (C=O) groups is 5. The highest BCUT2D eigenvalue weighted by molar-refractivity contribution is 7.80. The average molecular weight is 460 g/mol. The molecule has 1 rings (SSSR count). The van der Waals surface area contributed by atoms with E-state index in [0.29, 0.717) is 25.8 Å². The molecule has 0 radical (unpaired) electrons. The summed E-state index contributed by atoms with van der Waals surface area (Å²) in [5.41, 5.74) is 10.8. The fourth-order valence-corrected chi connectivity index (χ4v) is 3.51. The molecule has 31 heavy (non-hydrogen) atoms. The number of rotatable bonds is 12. The SMILES string of the molecule is CCC(C)C(NC(=O)C1CCCN1C(=O)C(N)CS)C(=O)NC(CCC(N)=O)C(=O)O. The van der Waals surface area contributed by atoms with Crippen molar-refractivity contribution in [2.24, 2.45) is 17.4 Å². The first-order chi connectivity index (χ1) is 14.5. The quantitative estimate of drug-likeness (QED) is 0.194. The number of nitrogens with one attached hydrogen (secondary N) is 2. The summed E-state index contributed by atoms with van der Waals surface area (Å²) in [5.74, 6) is -3.71. The Hall–Kier alpha value is -2.34. The molecule has 0 aromatic heterocycles. The van der Waals surface area contributed by atoms with Crippen LogP contribution in [-0.2, 0) is 24.0 Å². The predicted octanol–water partition coefficient (Wildman–Crippen LogP) is -1.40. The van der Waals surface area contributed by atoms with Gasteiger partial charge >= 0.3 is 5.97 Å². The van der Waals surface area contributed by atoms with Crippen molar-refractivity contribution in [2.45, 2.75) is 70.1 Å². The minimum atomic E-state index is -1.32. The first-order valence-electron chi connectivity index (χ1n) is 10.3. The molecular formula is C19H33N5O6S. The number of carbonyl (C=O) groups excluding carboxylic acids is 4. The van der Waals surface area contributed by atoms with Gasteiger partial charge in [0.25, 0.3) is 0 Å². The molecule has 0 aromatic carbocycles. The largest absolute Gasteiger partial charge is 0.480 e. The van der Waals surface area contributed by atoms with Gasteiger partial charge in [-0.25, -0.2) is 4.79 Å². The minimum absolute atomic E-state index is 0.142. The van der Waals surface area contributed by atoms with Crippen LogP contribution in [0.4, 0.5) is 0 Å². The number of likely N-dealkylation sites (tertiary alicyclic amines) is 1. The number of thiol groups is 1. The van der Waals surface area contributed by atoms with Gasteiger partial charge in [0.2, 0.25) is 23.6 Å². The van der Waals surface area contributed by atoms with E-state index in [1.165, 1.54) is 4.90 Å². The van der Waals surface area contributed by atoms with Crippen molar-refractivity contribution >= 4 is 42.2 Å². The van der Waals surface area contributed by atoms with E-state index in [0.717, 1.165) is 0 Å². The van der Waals surface area contributed by atoms with Gasteiger partial charge < -0.3 is 32.1 Å². The number of carboxylic acid groups (broad SMARTS) is 1. The first-order valence-corrected chi connectivity index (χ1v) is 10.9. The highest BCUT2D eigenvalue weighted by atomic mass is 32.1. The zero-order valence-corrected chi connectivity index (χ0v) is 18.8. The maximum Gasteiger partial charge on any atom is 0.326 e. The fraction of sp³-hybridized carbons (Fsp3) is 0.737. The molecule has 0 aliphatic carbocycles. The van der Waals surface area contributed by atoms with E-state index in [1.807, 2.05) is 6.92 Å². The smallest absolute Gasteiger partial charge is 0.326 e. The highest BCUT2D eigenvalue weighted by Gasteiger charge is 2.38. The number of hydrogen-bond donors (Lipinski definition) is 6. The standard InChI is InChI=1S/C19H33N5O6S/c1-3-10(2)15(17(27)22-12(19(29)30)6-7-14(21)25)23-16(26)13-5-4-8-24(13)18(28)11(20)9-31/h10-13,15,31H,3-9,20H2,1-2H3,(H2,21,25)(H,22,27)(H,23,26)(H,29,30). The van der Waals surface area contributed by atoms with Gasteiger partial charge in [-0.2, -0.15) is 12.6 Å². The molecule has 0 aromatic rings. The summed E-state index contributed by atoms with van der Waals surface area (Å²) in [4.78, 5) is 62.0. The fourth-order valence-electron chi connectivity index (χ4n) is 3.35. The molecule has 1 fully saturated rings. The van der Waals surface area contributed by atoms with Crippen molar-refractivity contribution in [1.82, 2.24) is 15.5 Å². The summed E-state index contributed by atoms with van der Waals surface area (Å²) in [6.07, 6.45) is 1.22. The molecule has 176 valence electrons. The molecule has 4 amide bonds. The van der Waals surface area contributed by atoms with E-state index >= 15 is 0 Å². The van der Waals surface area contributed by atoms with Crippen LogP contribution in [-0.4, -0.2) is 76.1 Å². The Balaban J connectivity index is 2.92. The molecule has 0 saturated carbocycles. The number of primary amides is 1. The third-order valence-electron chi connectivity index (χ3n) is 5.44.